The number of aliphatic hydroxyl groups is 1. The molecule has 1 heterocycles. The van der Waals surface area contributed by atoms with Crippen LogP contribution in [0.25, 0.3) is 11.0 Å². The fourth-order valence-electron chi connectivity index (χ4n) is 1.35. The summed E-state index contributed by atoms with van der Waals surface area (Å²) in [6.45, 7) is -0.133. The number of rotatable bonds is 4. The molecule has 0 radical (unpaired) electrons. The summed E-state index contributed by atoms with van der Waals surface area (Å²) in [5.74, 6) is 0.424. The second-order valence-corrected chi connectivity index (χ2v) is 3.47. The average Bonchev–Trinajstić information content (AvgIpc) is 2.35. The van der Waals surface area contributed by atoms with Crippen molar-refractivity contribution in [2.24, 2.45) is 0 Å². The molecule has 88 valence electrons. The number of ether oxygens (including phenoxy) is 1. The highest BCUT2D eigenvalue weighted by atomic mass is 16.5. The molecule has 1 N–H and O–H groups in total. The minimum absolute atomic E-state index is 0.133. The van der Waals surface area contributed by atoms with Gasteiger partial charge in [0.25, 0.3) is 0 Å². The quantitative estimate of drug-likeness (QED) is 0.623. The number of hydrogen-bond acceptors (Lipinski definition) is 5. The Labute approximate surface area is 96.2 Å². The summed E-state index contributed by atoms with van der Waals surface area (Å²) in [7, 11) is 0. The van der Waals surface area contributed by atoms with Crippen LogP contribution in [0, 0.1) is 0 Å². The maximum absolute atomic E-state index is 11.0. The fraction of sp³-hybridized carbons (Fsp3) is 0.167. The maximum Gasteiger partial charge on any atom is 0.336 e. The van der Waals surface area contributed by atoms with Gasteiger partial charge in [-0.25, -0.2) is 4.79 Å². The van der Waals surface area contributed by atoms with E-state index in [4.69, 9.17) is 14.3 Å². The molecule has 0 saturated carbocycles. The number of carbonyl (C=O) groups excluding carboxylic acids is 1. The molecule has 0 spiro atoms. The van der Waals surface area contributed by atoms with Gasteiger partial charge in [-0.1, -0.05) is 0 Å². The Morgan fingerprint density at radius 3 is 2.88 bits per heavy atom. The molecule has 0 aliphatic heterocycles. The predicted molar refractivity (Wildman–Crippen MR) is 60.0 cm³/mol. The van der Waals surface area contributed by atoms with Crippen LogP contribution >= 0.6 is 0 Å². The van der Waals surface area contributed by atoms with E-state index in [2.05, 4.69) is 0 Å². The van der Waals surface area contributed by atoms with Gasteiger partial charge in [-0.3, -0.25) is 0 Å². The van der Waals surface area contributed by atoms with Crippen LogP contribution in [0.5, 0.6) is 5.75 Å². The lowest BCUT2D eigenvalue weighted by molar-refractivity contribution is -0.116. The van der Waals surface area contributed by atoms with Crippen LogP contribution < -0.4 is 10.4 Å². The first-order valence-electron chi connectivity index (χ1n) is 4.99. The molecule has 5 nitrogen and oxygen atoms in total. The van der Waals surface area contributed by atoms with E-state index < -0.39 is 11.7 Å². The largest absolute Gasteiger partial charge is 0.490 e. The highest BCUT2D eigenvalue weighted by molar-refractivity contribution is 5.77. The van der Waals surface area contributed by atoms with Gasteiger partial charge < -0.3 is 19.1 Å². The van der Waals surface area contributed by atoms with Crippen LogP contribution in [0.1, 0.15) is 0 Å². The van der Waals surface area contributed by atoms with E-state index in [1.54, 1.807) is 18.2 Å². The van der Waals surface area contributed by atoms with E-state index in [0.717, 1.165) is 5.39 Å². The van der Waals surface area contributed by atoms with Gasteiger partial charge in [0, 0.05) is 17.5 Å². The van der Waals surface area contributed by atoms with Crippen LogP contribution in [-0.2, 0) is 4.79 Å². The smallest absolute Gasteiger partial charge is 0.336 e. The van der Waals surface area contributed by atoms with Crippen LogP contribution in [0.3, 0.4) is 0 Å². The van der Waals surface area contributed by atoms with Crippen molar-refractivity contribution in [1.29, 1.82) is 0 Å². The van der Waals surface area contributed by atoms with E-state index >= 15 is 0 Å². The summed E-state index contributed by atoms with van der Waals surface area (Å²) in [5, 5.41) is 9.78. The van der Waals surface area contributed by atoms with Crippen molar-refractivity contribution in [3.05, 3.63) is 40.8 Å². The Hall–Kier alpha value is -2.14. The van der Waals surface area contributed by atoms with Gasteiger partial charge in [-0.05, 0) is 18.2 Å². The third-order valence-corrected chi connectivity index (χ3v) is 2.17. The van der Waals surface area contributed by atoms with Crippen molar-refractivity contribution in [3.63, 3.8) is 0 Å². The van der Waals surface area contributed by atoms with Crippen molar-refractivity contribution in [2.75, 3.05) is 6.61 Å². The van der Waals surface area contributed by atoms with Crippen molar-refractivity contribution in [1.82, 2.24) is 0 Å². The third-order valence-electron chi connectivity index (χ3n) is 2.17. The minimum Gasteiger partial charge on any atom is -0.490 e. The van der Waals surface area contributed by atoms with Crippen LogP contribution in [0.15, 0.2) is 39.5 Å². The predicted octanol–water partition coefficient (Wildman–Crippen LogP) is 0.732. The van der Waals surface area contributed by atoms with Crippen molar-refractivity contribution < 1.29 is 19.1 Å². The molecule has 5 heteroatoms. The minimum atomic E-state index is -1.16. The molecule has 1 aromatic heterocycles. The van der Waals surface area contributed by atoms with Gasteiger partial charge >= 0.3 is 5.63 Å². The van der Waals surface area contributed by atoms with Gasteiger partial charge in [-0.15, -0.1) is 0 Å². The Morgan fingerprint density at radius 2 is 2.12 bits per heavy atom. The number of benzene rings is 1. The Kier molecular flexibility index (Phi) is 3.20. The van der Waals surface area contributed by atoms with E-state index in [1.165, 1.54) is 12.1 Å². The molecule has 0 aliphatic rings. The summed E-state index contributed by atoms with van der Waals surface area (Å²) in [5.41, 5.74) is -0.0434. The van der Waals surface area contributed by atoms with Crippen molar-refractivity contribution in [2.45, 2.75) is 6.10 Å². The molecule has 1 aromatic carbocycles. The summed E-state index contributed by atoms with van der Waals surface area (Å²) < 4.78 is 10.1. The second kappa shape index (κ2) is 4.80. The van der Waals surface area contributed by atoms with Crippen molar-refractivity contribution in [3.8, 4) is 5.75 Å². The number of hydrogen-bond donors (Lipinski definition) is 1. The lowest BCUT2D eigenvalue weighted by Gasteiger charge is -2.07. The Morgan fingerprint density at radius 1 is 1.35 bits per heavy atom. The molecule has 0 amide bonds. The van der Waals surface area contributed by atoms with E-state index in [-0.39, 0.29) is 6.61 Å². The van der Waals surface area contributed by atoms with E-state index in [0.29, 0.717) is 17.6 Å². The molecule has 2 aromatic rings. The second-order valence-electron chi connectivity index (χ2n) is 3.47. The molecular formula is C12H10O5. The van der Waals surface area contributed by atoms with Gasteiger partial charge in [0.15, 0.2) is 6.29 Å². The van der Waals surface area contributed by atoms with Crippen LogP contribution in [0.2, 0.25) is 0 Å². The Bertz CT molecular complexity index is 587. The zero-order valence-corrected chi connectivity index (χ0v) is 8.83. The molecular weight excluding hydrogens is 224 g/mol. The lowest BCUT2D eigenvalue weighted by atomic mass is 10.2. The first-order valence-corrected chi connectivity index (χ1v) is 4.99. The monoisotopic (exact) mass is 234 g/mol. The molecule has 0 aliphatic carbocycles. The van der Waals surface area contributed by atoms with Gasteiger partial charge in [-0.2, -0.15) is 0 Å². The van der Waals surface area contributed by atoms with Gasteiger partial charge in [0.2, 0.25) is 0 Å². The SMILES string of the molecule is O=C[C@H](O)COc1ccc2ccc(=O)oc2c1. The molecule has 2 rings (SSSR count). The summed E-state index contributed by atoms with van der Waals surface area (Å²) >= 11 is 0. The van der Waals surface area contributed by atoms with E-state index in [1.807, 2.05) is 0 Å². The van der Waals surface area contributed by atoms with Gasteiger partial charge in [0.1, 0.15) is 24.0 Å². The molecule has 0 saturated heterocycles. The highest BCUT2D eigenvalue weighted by Gasteiger charge is 2.04. The van der Waals surface area contributed by atoms with Crippen molar-refractivity contribution >= 4 is 17.3 Å². The zero-order valence-electron chi connectivity index (χ0n) is 8.83. The van der Waals surface area contributed by atoms with Crippen LogP contribution in [0.4, 0.5) is 0 Å². The molecule has 0 unspecified atom stereocenters. The molecule has 1 atom stereocenters. The number of carbonyl (C=O) groups is 1. The standard InChI is InChI=1S/C12H10O5/c13-6-9(14)7-16-10-3-1-8-2-4-12(15)17-11(8)5-10/h1-6,9,14H,7H2/t9-/m0/s1. The fourth-order valence-corrected chi connectivity index (χ4v) is 1.35. The number of fused-ring (bicyclic) bond motifs is 1. The van der Waals surface area contributed by atoms with E-state index in [9.17, 15) is 9.59 Å². The van der Waals surface area contributed by atoms with Gasteiger partial charge in [0.05, 0.1) is 0 Å². The highest BCUT2D eigenvalue weighted by Crippen LogP contribution is 2.19. The summed E-state index contributed by atoms with van der Waals surface area (Å²) in [6.07, 6.45) is -0.769. The average molecular weight is 234 g/mol. The topological polar surface area (TPSA) is 76.7 Å². The Balaban J connectivity index is 2.24. The summed E-state index contributed by atoms with van der Waals surface area (Å²) in [6, 6.07) is 7.90. The normalized spacial score (nSPS) is 12.3. The van der Waals surface area contributed by atoms with Crippen LogP contribution in [-0.4, -0.2) is 24.1 Å². The zero-order chi connectivity index (χ0) is 12.3. The maximum atomic E-state index is 11.0. The first-order chi connectivity index (χ1) is 8.19. The number of aliphatic hydroxyl groups excluding tert-OH is 1. The molecule has 17 heavy (non-hydrogen) atoms. The number of aldehydes is 1. The molecule has 0 bridgehead atoms. The summed E-state index contributed by atoms with van der Waals surface area (Å²) in [4.78, 5) is 21.2. The first kappa shape index (κ1) is 11.3. The lowest BCUT2D eigenvalue weighted by Crippen LogP contribution is -2.18. The third kappa shape index (κ3) is 2.70. The molecule has 0 fully saturated rings.